The maximum absolute atomic E-state index is 5.91. The van der Waals surface area contributed by atoms with Gasteiger partial charge in [0.2, 0.25) is 5.89 Å². The maximum atomic E-state index is 5.91. The highest BCUT2D eigenvalue weighted by Crippen LogP contribution is 2.22. The number of thioether (sulfide) groups is 1. The number of hydrogen-bond acceptors (Lipinski definition) is 5. The lowest BCUT2D eigenvalue weighted by Crippen LogP contribution is -2.18. The average Bonchev–Trinajstić information content (AvgIpc) is 2.63. The van der Waals surface area contributed by atoms with Crippen molar-refractivity contribution in [3.05, 3.63) is 5.89 Å². The molecule has 2 unspecified atom stereocenters. The zero-order valence-electron chi connectivity index (χ0n) is 8.15. The second kappa shape index (κ2) is 4.62. The van der Waals surface area contributed by atoms with Crippen LogP contribution in [0, 0.1) is 5.92 Å². The molecule has 2 atom stereocenters. The van der Waals surface area contributed by atoms with E-state index in [0.29, 0.717) is 17.0 Å². The average molecular weight is 201 g/mol. The summed E-state index contributed by atoms with van der Waals surface area (Å²) in [5, 5.41) is 8.31. The Morgan fingerprint density at radius 1 is 1.54 bits per heavy atom. The van der Waals surface area contributed by atoms with Crippen molar-refractivity contribution in [2.24, 2.45) is 11.7 Å². The van der Waals surface area contributed by atoms with Gasteiger partial charge in [-0.2, -0.15) is 0 Å². The zero-order valence-corrected chi connectivity index (χ0v) is 8.97. The maximum Gasteiger partial charge on any atom is 0.276 e. The number of hydrogen-bond donors (Lipinski definition) is 1. The van der Waals surface area contributed by atoms with Gasteiger partial charge in [-0.25, -0.2) is 0 Å². The second-order valence-corrected chi connectivity index (χ2v) is 3.78. The minimum absolute atomic E-state index is 0.140. The van der Waals surface area contributed by atoms with Crippen molar-refractivity contribution < 1.29 is 4.42 Å². The van der Waals surface area contributed by atoms with E-state index in [9.17, 15) is 0 Å². The van der Waals surface area contributed by atoms with Crippen molar-refractivity contribution in [2.45, 2.75) is 31.5 Å². The van der Waals surface area contributed by atoms with E-state index in [1.165, 1.54) is 11.8 Å². The molecule has 1 aromatic heterocycles. The molecule has 4 nitrogen and oxygen atoms in total. The Morgan fingerprint density at radius 3 is 2.69 bits per heavy atom. The molecule has 0 saturated carbocycles. The van der Waals surface area contributed by atoms with Crippen LogP contribution in [0.4, 0.5) is 0 Å². The van der Waals surface area contributed by atoms with Crippen LogP contribution in [0.3, 0.4) is 0 Å². The van der Waals surface area contributed by atoms with E-state index in [2.05, 4.69) is 24.0 Å². The van der Waals surface area contributed by atoms with Gasteiger partial charge in [0.1, 0.15) is 0 Å². The smallest absolute Gasteiger partial charge is 0.276 e. The highest BCUT2D eigenvalue weighted by Gasteiger charge is 2.19. The van der Waals surface area contributed by atoms with Gasteiger partial charge in [0.15, 0.2) is 0 Å². The summed E-state index contributed by atoms with van der Waals surface area (Å²) in [6, 6.07) is -0.140. The third-order valence-electron chi connectivity index (χ3n) is 2.14. The van der Waals surface area contributed by atoms with Gasteiger partial charge in [-0.3, -0.25) is 0 Å². The van der Waals surface area contributed by atoms with E-state index in [1.807, 2.05) is 6.26 Å². The fourth-order valence-electron chi connectivity index (χ4n) is 0.935. The predicted octanol–water partition coefficient (Wildman–Crippen LogP) is 1.84. The minimum Gasteiger partial charge on any atom is -0.414 e. The van der Waals surface area contributed by atoms with Crippen molar-refractivity contribution >= 4 is 11.8 Å². The molecule has 0 amide bonds. The molecule has 1 aromatic rings. The van der Waals surface area contributed by atoms with Crippen molar-refractivity contribution in [2.75, 3.05) is 6.26 Å². The van der Waals surface area contributed by atoms with Crippen LogP contribution in [0.5, 0.6) is 0 Å². The Hall–Kier alpha value is -0.550. The first-order valence-electron chi connectivity index (χ1n) is 4.32. The second-order valence-electron chi connectivity index (χ2n) is 3.02. The predicted molar refractivity (Wildman–Crippen MR) is 52.5 cm³/mol. The highest BCUT2D eigenvalue weighted by molar-refractivity contribution is 7.98. The van der Waals surface area contributed by atoms with Crippen LogP contribution in [0.25, 0.3) is 0 Å². The Morgan fingerprint density at radius 2 is 2.23 bits per heavy atom. The molecule has 74 valence electrons. The van der Waals surface area contributed by atoms with Crippen molar-refractivity contribution in [1.82, 2.24) is 10.2 Å². The van der Waals surface area contributed by atoms with E-state index in [1.54, 1.807) is 0 Å². The number of nitrogens with zero attached hydrogens (tertiary/aromatic N) is 2. The summed E-state index contributed by atoms with van der Waals surface area (Å²) in [6.45, 7) is 4.17. The van der Waals surface area contributed by atoms with E-state index in [0.717, 1.165) is 6.42 Å². The van der Waals surface area contributed by atoms with Crippen LogP contribution in [-0.4, -0.2) is 16.5 Å². The summed E-state index contributed by atoms with van der Waals surface area (Å²) in [7, 11) is 0. The number of nitrogens with two attached hydrogens (primary N) is 1. The molecule has 0 fully saturated rings. The van der Waals surface area contributed by atoms with Gasteiger partial charge in [0, 0.05) is 0 Å². The molecular formula is C8H15N3OS. The Bertz CT molecular complexity index is 264. The number of rotatable bonds is 4. The summed E-state index contributed by atoms with van der Waals surface area (Å²) >= 11 is 1.43. The topological polar surface area (TPSA) is 64.9 Å². The molecular weight excluding hydrogens is 186 g/mol. The quantitative estimate of drug-likeness (QED) is 0.753. The third kappa shape index (κ3) is 2.45. The molecule has 0 radical (unpaired) electrons. The van der Waals surface area contributed by atoms with Crippen LogP contribution in [-0.2, 0) is 0 Å². The Labute approximate surface area is 82.3 Å². The molecule has 13 heavy (non-hydrogen) atoms. The molecule has 0 aliphatic carbocycles. The summed E-state index contributed by atoms with van der Waals surface area (Å²) in [4.78, 5) is 0. The molecule has 0 aromatic carbocycles. The van der Waals surface area contributed by atoms with E-state index >= 15 is 0 Å². The van der Waals surface area contributed by atoms with Gasteiger partial charge < -0.3 is 10.2 Å². The summed E-state index contributed by atoms with van der Waals surface area (Å²) in [6.07, 6.45) is 2.91. The van der Waals surface area contributed by atoms with Crippen LogP contribution in [0.2, 0.25) is 0 Å². The summed E-state index contributed by atoms with van der Waals surface area (Å²) < 4.78 is 5.33. The molecule has 0 aliphatic rings. The fraction of sp³-hybridized carbons (Fsp3) is 0.750. The van der Waals surface area contributed by atoms with Crippen LogP contribution >= 0.6 is 11.8 Å². The molecule has 0 aliphatic heterocycles. The Balaban J connectivity index is 2.70. The molecule has 0 bridgehead atoms. The normalized spacial score (nSPS) is 15.7. The van der Waals surface area contributed by atoms with Crippen LogP contribution in [0.1, 0.15) is 32.2 Å². The summed E-state index contributed by atoms with van der Waals surface area (Å²) in [5.41, 5.74) is 5.91. The van der Waals surface area contributed by atoms with Crippen LogP contribution < -0.4 is 5.73 Å². The zero-order chi connectivity index (χ0) is 9.84. The lowest BCUT2D eigenvalue weighted by atomic mass is 10.0. The van der Waals surface area contributed by atoms with Gasteiger partial charge >= 0.3 is 0 Å². The van der Waals surface area contributed by atoms with Crippen LogP contribution in [0.15, 0.2) is 9.64 Å². The van der Waals surface area contributed by atoms with E-state index < -0.39 is 0 Å². The highest BCUT2D eigenvalue weighted by atomic mass is 32.2. The first-order chi connectivity index (χ1) is 6.19. The first-order valence-corrected chi connectivity index (χ1v) is 5.54. The molecule has 0 spiro atoms. The minimum atomic E-state index is -0.140. The summed E-state index contributed by atoms with van der Waals surface area (Å²) in [5.74, 6) is 0.911. The largest absolute Gasteiger partial charge is 0.414 e. The lowest BCUT2D eigenvalue weighted by molar-refractivity contribution is 0.333. The monoisotopic (exact) mass is 201 g/mol. The number of aromatic nitrogens is 2. The SMILES string of the molecule is CCC(C)C(N)c1nnc(SC)o1. The van der Waals surface area contributed by atoms with Crippen molar-refractivity contribution in [3.63, 3.8) is 0 Å². The van der Waals surface area contributed by atoms with E-state index in [-0.39, 0.29) is 6.04 Å². The molecule has 0 saturated heterocycles. The van der Waals surface area contributed by atoms with Gasteiger partial charge in [-0.15, -0.1) is 10.2 Å². The van der Waals surface area contributed by atoms with E-state index in [4.69, 9.17) is 10.2 Å². The molecule has 5 heteroatoms. The van der Waals surface area contributed by atoms with Gasteiger partial charge in [0.05, 0.1) is 6.04 Å². The Kier molecular flexibility index (Phi) is 3.74. The molecule has 1 heterocycles. The van der Waals surface area contributed by atoms with Gasteiger partial charge in [-0.1, -0.05) is 32.0 Å². The molecule has 1 rings (SSSR count). The van der Waals surface area contributed by atoms with Gasteiger partial charge in [-0.05, 0) is 12.2 Å². The molecule has 2 N–H and O–H groups in total. The fourth-order valence-corrected chi connectivity index (χ4v) is 1.23. The lowest BCUT2D eigenvalue weighted by Gasteiger charge is -2.13. The van der Waals surface area contributed by atoms with Crippen molar-refractivity contribution in [1.29, 1.82) is 0 Å². The van der Waals surface area contributed by atoms with Crippen molar-refractivity contribution in [3.8, 4) is 0 Å². The third-order valence-corrected chi connectivity index (χ3v) is 2.65. The van der Waals surface area contributed by atoms with Gasteiger partial charge in [0.25, 0.3) is 5.22 Å². The standard InChI is InChI=1S/C8H15N3OS/c1-4-5(2)6(9)7-10-11-8(12-7)13-3/h5-6H,4,9H2,1-3H3. The first kappa shape index (κ1) is 10.5.